The van der Waals surface area contributed by atoms with Gasteiger partial charge in [-0.05, 0) is 44.4 Å². The number of carbonyl (C=O) groups excluding carboxylic acids is 2. The lowest BCUT2D eigenvalue weighted by molar-refractivity contribution is 0.0636. The average Bonchev–Trinajstić information content (AvgIpc) is 2.62. The van der Waals surface area contributed by atoms with E-state index in [1.165, 1.54) is 12.4 Å². The molecule has 0 bridgehead atoms. The summed E-state index contributed by atoms with van der Waals surface area (Å²) in [6.07, 6.45) is 6.09. The smallest absolute Gasteiger partial charge is 0.257 e. The molecular weight excluding hydrogens is 338 g/mol. The van der Waals surface area contributed by atoms with Crippen LogP contribution in [0.25, 0.3) is 0 Å². The minimum Gasteiger partial charge on any atom is -0.336 e. The van der Waals surface area contributed by atoms with Crippen molar-refractivity contribution in [2.45, 2.75) is 32.2 Å². The molecule has 1 saturated heterocycles. The second kappa shape index (κ2) is 7.66. The summed E-state index contributed by atoms with van der Waals surface area (Å²) in [5, 5.41) is 3.08. The summed E-state index contributed by atoms with van der Waals surface area (Å²) >= 11 is 6.03. The fraction of sp³-hybridized carbons (Fsp3) is 0.316. The van der Waals surface area contributed by atoms with Gasteiger partial charge >= 0.3 is 0 Å². The Kier molecular flexibility index (Phi) is 5.34. The summed E-state index contributed by atoms with van der Waals surface area (Å²) in [6.45, 7) is 2.81. The highest BCUT2D eigenvalue weighted by atomic mass is 35.5. The van der Waals surface area contributed by atoms with Gasteiger partial charge in [0.1, 0.15) is 0 Å². The van der Waals surface area contributed by atoms with E-state index in [1.54, 1.807) is 30.3 Å². The molecule has 2 amide bonds. The van der Waals surface area contributed by atoms with Gasteiger partial charge in [0.25, 0.3) is 11.8 Å². The van der Waals surface area contributed by atoms with Gasteiger partial charge in [0, 0.05) is 25.0 Å². The molecule has 0 saturated carbocycles. The van der Waals surface area contributed by atoms with Crippen molar-refractivity contribution in [3.63, 3.8) is 0 Å². The van der Waals surface area contributed by atoms with E-state index in [4.69, 9.17) is 11.6 Å². The Morgan fingerprint density at radius 1 is 1.20 bits per heavy atom. The molecule has 1 aliphatic heterocycles. The Labute approximate surface area is 152 Å². The Bertz CT molecular complexity index is 794. The standard InChI is InChI=1S/C19H20ClN3O2/c1-13-6-4-5-11-23(13)19(25)15-7-2-3-8-17(15)22-18(24)14-9-10-21-12-16(14)20/h2-3,7-10,12-13H,4-6,11H2,1H3,(H,22,24). The van der Waals surface area contributed by atoms with Gasteiger partial charge in [0.05, 0.1) is 21.8 Å². The number of nitrogens with one attached hydrogen (secondary N) is 1. The Hall–Kier alpha value is -2.40. The van der Waals surface area contributed by atoms with Crippen molar-refractivity contribution in [2.24, 2.45) is 0 Å². The molecule has 1 atom stereocenters. The van der Waals surface area contributed by atoms with Crippen molar-refractivity contribution < 1.29 is 9.59 Å². The minimum absolute atomic E-state index is 0.0519. The number of hydrogen-bond acceptors (Lipinski definition) is 3. The van der Waals surface area contributed by atoms with E-state index < -0.39 is 0 Å². The zero-order valence-electron chi connectivity index (χ0n) is 14.0. The van der Waals surface area contributed by atoms with Crippen LogP contribution in [0, 0.1) is 0 Å². The van der Waals surface area contributed by atoms with Crippen LogP contribution in [-0.2, 0) is 0 Å². The van der Waals surface area contributed by atoms with Crippen molar-refractivity contribution in [1.29, 1.82) is 0 Å². The number of piperidine rings is 1. The molecule has 0 radical (unpaired) electrons. The lowest BCUT2D eigenvalue weighted by atomic mass is 10.0. The summed E-state index contributed by atoms with van der Waals surface area (Å²) < 4.78 is 0. The van der Waals surface area contributed by atoms with E-state index in [0.29, 0.717) is 16.8 Å². The van der Waals surface area contributed by atoms with Crippen LogP contribution < -0.4 is 5.32 Å². The van der Waals surface area contributed by atoms with Crippen LogP contribution >= 0.6 is 11.6 Å². The molecule has 1 unspecified atom stereocenters. The number of nitrogens with zero attached hydrogens (tertiary/aromatic N) is 2. The van der Waals surface area contributed by atoms with Gasteiger partial charge in [-0.3, -0.25) is 14.6 Å². The van der Waals surface area contributed by atoms with Crippen LogP contribution in [0.5, 0.6) is 0 Å². The number of hydrogen-bond donors (Lipinski definition) is 1. The number of benzene rings is 1. The summed E-state index contributed by atoms with van der Waals surface area (Å²) in [5.74, 6) is -0.414. The third kappa shape index (κ3) is 3.82. The predicted octanol–water partition coefficient (Wildman–Crippen LogP) is 4.00. The van der Waals surface area contributed by atoms with E-state index in [9.17, 15) is 9.59 Å². The number of aromatic nitrogens is 1. The number of carbonyl (C=O) groups is 2. The van der Waals surface area contributed by atoms with Crippen molar-refractivity contribution in [2.75, 3.05) is 11.9 Å². The summed E-state index contributed by atoms with van der Waals surface area (Å²) in [7, 11) is 0. The Morgan fingerprint density at radius 2 is 2.00 bits per heavy atom. The largest absolute Gasteiger partial charge is 0.336 e. The molecular formula is C19H20ClN3O2. The first-order chi connectivity index (χ1) is 12.1. The normalized spacial score (nSPS) is 17.2. The molecule has 0 aliphatic carbocycles. The second-order valence-corrected chi connectivity index (χ2v) is 6.61. The number of anilines is 1. The molecule has 1 aliphatic rings. The second-order valence-electron chi connectivity index (χ2n) is 6.20. The first kappa shape index (κ1) is 17.4. The van der Waals surface area contributed by atoms with Crippen LogP contribution in [0.3, 0.4) is 0 Å². The highest BCUT2D eigenvalue weighted by Gasteiger charge is 2.26. The molecule has 2 heterocycles. The molecule has 6 heteroatoms. The van der Waals surface area contributed by atoms with E-state index in [2.05, 4.69) is 17.2 Å². The quantitative estimate of drug-likeness (QED) is 0.903. The SMILES string of the molecule is CC1CCCCN1C(=O)c1ccccc1NC(=O)c1ccncc1Cl. The maximum Gasteiger partial charge on any atom is 0.257 e. The van der Waals surface area contributed by atoms with E-state index in [0.717, 1.165) is 25.8 Å². The van der Waals surface area contributed by atoms with Crippen molar-refractivity contribution in [1.82, 2.24) is 9.88 Å². The van der Waals surface area contributed by atoms with Gasteiger partial charge in [0.2, 0.25) is 0 Å². The van der Waals surface area contributed by atoms with Gasteiger partial charge in [-0.15, -0.1) is 0 Å². The molecule has 1 fully saturated rings. The van der Waals surface area contributed by atoms with E-state index >= 15 is 0 Å². The number of amides is 2. The van der Waals surface area contributed by atoms with Crippen LogP contribution in [0.2, 0.25) is 5.02 Å². The molecule has 3 rings (SSSR count). The monoisotopic (exact) mass is 357 g/mol. The zero-order chi connectivity index (χ0) is 17.8. The maximum absolute atomic E-state index is 13.0. The average molecular weight is 358 g/mol. The number of likely N-dealkylation sites (tertiary alicyclic amines) is 1. The van der Waals surface area contributed by atoms with Gasteiger partial charge in [-0.2, -0.15) is 0 Å². The number of pyridine rings is 1. The minimum atomic E-state index is -0.362. The van der Waals surface area contributed by atoms with Crippen LogP contribution in [0.1, 0.15) is 46.9 Å². The number of halogens is 1. The molecule has 1 aromatic carbocycles. The molecule has 130 valence electrons. The fourth-order valence-corrected chi connectivity index (χ4v) is 3.29. The van der Waals surface area contributed by atoms with Crippen LogP contribution in [0.15, 0.2) is 42.7 Å². The van der Waals surface area contributed by atoms with Crippen molar-refractivity contribution in [3.05, 3.63) is 58.9 Å². The molecule has 2 aromatic rings. The maximum atomic E-state index is 13.0. The third-order valence-electron chi connectivity index (χ3n) is 4.49. The van der Waals surface area contributed by atoms with Crippen molar-refractivity contribution in [3.8, 4) is 0 Å². The predicted molar refractivity (Wildman–Crippen MR) is 98.0 cm³/mol. The van der Waals surface area contributed by atoms with Crippen molar-refractivity contribution >= 4 is 29.1 Å². The van der Waals surface area contributed by atoms with Gasteiger partial charge < -0.3 is 10.2 Å². The topological polar surface area (TPSA) is 62.3 Å². The molecule has 0 spiro atoms. The third-order valence-corrected chi connectivity index (χ3v) is 4.79. The molecule has 1 N–H and O–H groups in total. The lowest BCUT2D eigenvalue weighted by Gasteiger charge is -2.33. The van der Waals surface area contributed by atoms with Gasteiger partial charge in [-0.25, -0.2) is 0 Å². The van der Waals surface area contributed by atoms with Crippen LogP contribution in [0.4, 0.5) is 5.69 Å². The number of para-hydroxylation sites is 1. The molecule has 5 nitrogen and oxygen atoms in total. The molecule has 1 aromatic heterocycles. The summed E-state index contributed by atoms with van der Waals surface area (Å²) in [6, 6.07) is 8.83. The lowest BCUT2D eigenvalue weighted by Crippen LogP contribution is -2.42. The summed E-state index contributed by atoms with van der Waals surface area (Å²) in [4.78, 5) is 31.2. The van der Waals surface area contributed by atoms with Gasteiger partial charge in [0.15, 0.2) is 0 Å². The molecule has 25 heavy (non-hydrogen) atoms. The van der Waals surface area contributed by atoms with E-state index in [-0.39, 0.29) is 22.9 Å². The fourth-order valence-electron chi connectivity index (χ4n) is 3.08. The Morgan fingerprint density at radius 3 is 2.76 bits per heavy atom. The highest BCUT2D eigenvalue weighted by Crippen LogP contribution is 2.24. The highest BCUT2D eigenvalue weighted by molar-refractivity contribution is 6.34. The van der Waals surface area contributed by atoms with E-state index in [1.807, 2.05) is 4.90 Å². The van der Waals surface area contributed by atoms with Gasteiger partial charge in [-0.1, -0.05) is 23.7 Å². The first-order valence-corrected chi connectivity index (χ1v) is 8.76. The zero-order valence-corrected chi connectivity index (χ0v) is 14.8. The summed E-state index contributed by atoms with van der Waals surface area (Å²) in [5.41, 5.74) is 1.31. The number of rotatable bonds is 3. The first-order valence-electron chi connectivity index (χ1n) is 8.39. The Balaban J connectivity index is 1.85. The van der Waals surface area contributed by atoms with Crippen LogP contribution in [-0.4, -0.2) is 34.3 Å².